The number of ether oxygens (including phenoxy) is 2. The minimum Gasteiger partial charge on any atom is -0.375 e. The van der Waals surface area contributed by atoms with E-state index in [1.807, 2.05) is 19.9 Å². The minimum absolute atomic E-state index is 0.0968. The molecule has 0 atom stereocenters. The van der Waals surface area contributed by atoms with Crippen LogP contribution in [0.5, 0.6) is 0 Å². The van der Waals surface area contributed by atoms with E-state index in [2.05, 4.69) is 5.32 Å². The SMILES string of the molecule is CC1(C)OCC(Nc2ccc(C#N)cc2F)CO1. The van der Waals surface area contributed by atoms with Crippen molar-refractivity contribution in [2.45, 2.75) is 25.7 Å². The van der Waals surface area contributed by atoms with Gasteiger partial charge in [0.05, 0.1) is 36.6 Å². The van der Waals surface area contributed by atoms with Gasteiger partial charge in [0.15, 0.2) is 5.79 Å². The second kappa shape index (κ2) is 4.92. The standard InChI is InChI=1S/C13H15FN2O2/c1-13(2)17-7-10(8-18-13)16-12-4-3-9(6-15)5-11(12)14/h3-5,10,16H,7-8H2,1-2H3. The topological polar surface area (TPSA) is 54.3 Å². The molecule has 1 N–H and O–H groups in total. The van der Waals surface area contributed by atoms with Crippen molar-refractivity contribution >= 4 is 5.69 Å². The van der Waals surface area contributed by atoms with E-state index in [9.17, 15) is 4.39 Å². The molecule has 0 aliphatic carbocycles. The van der Waals surface area contributed by atoms with E-state index >= 15 is 0 Å². The van der Waals surface area contributed by atoms with Crippen LogP contribution in [-0.2, 0) is 9.47 Å². The number of hydrogen-bond donors (Lipinski definition) is 1. The molecule has 0 aromatic heterocycles. The number of nitriles is 1. The molecule has 5 heteroatoms. The van der Waals surface area contributed by atoms with Crippen LogP contribution in [-0.4, -0.2) is 25.0 Å². The van der Waals surface area contributed by atoms with E-state index in [0.29, 0.717) is 24.5 Å². The lowest BCUT2D eigenvalue weighted by atomic mass is 10.2. The third-order valence-corrected chi connectivity index (χ3v) is 2.72. The van der Waals surface area contributed by atoms with Gasteiger partial charge in [-0.2, -0.15) is 5.26 Å². The predicted octanol–water partition coefficient (Wildman–Crippen LogP) is 2.26. The van der Waals surface area contributed by atoms with Gasteiger partial charge in [-0.05, 0) is 32.0 Å². The Kier molecular flexibility index (Phi) is 3.50. The molecule has 1 fully saturated rings. The van der Waals surface area contributed by atoms with Crippen molar-refractivity contribution in [3.63, 3.8) is 0 Å². The molecule has 96 valence electrons. The number of hydrogen-bond acceptors (Lipinski definition) is 4. The molecule has 0 unspecified atom stereocenters. The van der Waals surface area contributed by atoms with Gasteiger partial charge < -0.3 is 14.8 Å². The first-order valence-corrected chi connectivity index (χ1v) is 5.74. The summed E-state index contributed by atoms with van der Waals surface area (Å²) in [5.74, 6) is -1.03. The smallest absolute Gasteiger partial charge is 0.162 e. The van der Waals surface area contributed by atoms with E-state index < -0.39 is 11.6 Å². The van der Waals surface area contributed by atoms with Crippen molar-refractivity contribution in [1.29, 1.82) is 5.26 Å². The molecule has 1 heterocycles. The maximum atomic E-state index is 13.6. The monoisotopic (exact) mass is 250 g/mol. The number of benzene rings is 1. The number of nitrogens with zero attached hydrogens (tertiary/aromatic N) is 1. The van der Waals surface area contributed by atoms with E-state index in [-0.39, 0.29) is 6.04 Å². The number of anilines is 1. The average Bonchev–Trinajstić information content (AvgIpc) is 2.34. The highest BCUT2D eigenvalue weighted by Crippen LogP contribution is 2.21. The molecule has 2 rings (SSSR count). The van der Waals surface area contributed by atoms with Gasteiger partial charge in [-0.1, -0.05) is 0 Å². The quantitative estimate of drug-likeness (QED) is 0.874. The van der Waals surface area contributed by atoms with Crippen LogP contribution in [0, 0.1) is 17.1 Å². The summed E-state index contributed by atoms with van der Waals surface area (Å²) in [5, 5.41) is 11.7. The van der Waals surface area contributed by atoms with Crippen LogP contribution >= 0.6 is 0 Å². The Morgan fingerprint density at radius 3 is 2.61 bits per heavy atom. The minimum atomic E-state index is -0.582. The second-order valence-electron chi connectivity index (χ2n) is 4.67. The lowest BCUT2D eigenvalue weighted by molar-refractivity contribution is -0.247. The third-order valence-electron chi connectivity index (χ3n) is 2.72. The van der Waals surface area contributed by atoms with E-state index in [0.717, 1.165) is 0 Å². The first-order chi connectivity index (χ1) is 8.50. The van der Waals surface area contributed by atoms with Crippen LogP contribution in [0.15, 0.2) is 18.2 Å². The van der Waals surface area contributed by atoms with Crippen LogP contribution in [0.4, 0.5) is 10.1 Å². The molecule has 0 amide bonds. The number of rotatable bonds is 2. The van der Waals surface area contributed by atoms with Gasteiger partial charge in [-0.3, -0.25) is 0 Å². The molecule has 0 saturated carbocycles. The molecule has 1 aromatic carbocycles. The molecule has 0 radical (unpaired) electrons. The first kappa shape index (κ1) is 12.8. The normalized spacial score (nSPS) is 19.2. The van der Waals surface area contributed by atoms with Gasteiger partial charge >= 0.3 is 0 Å². The van der Waals surface area contributed by atoms with E-state index in [1.54, 1.807) is 12.1 Å². The summed E-state index contributed by atoms with van der Waals surface area (Å²) in [5.41, 5.74) is 0.654. The molecule has 1 aliphatic heterocycles. The van der Waals surface area contributed by atoms with Crippen molar-refractivity contribution in [3.05, 3.63) is 29.6 Å². The summed E-state index contributed by atoms with van der Waals surface area (Å²) >= 11 is 0. The fourth-order valence-electron chi connectivity index (χ4n) is 1.70. The van der Waals surface area contributed by atoms with Gasteiger partial charge in [0.2, 0.25) is 0 Å². The zero-order chi connectivity index (χ0) is 13.2. The van der Waals surface area contributed by atoms with Crippen LogP contribution in [0.2, 0.25) is 0 Å². The summed E-state index contributed by atoms with van der Waals surface area (Å²) < 4.78 is 24.6. The Morgan fingerprint density at radius 2 is 2.06 bits per heavy atom. The zero-order valence-electron chi connectivity index (χ0n) is 10.4. The Hall–Kier alpha value is -1.64. The third kappa shape index (κ3) is 2.97. The van der Waals surface area contributed by atoms with Crippen LogP contribution in [0.25, 0.3) is 0 Å². The van der Waals surface area contributed by atoms with Gasteiger partial charge in [-0.25, -0.2) is 4.39 Å². The zero-order valence-corrected chi connectivity index (χ0v) is 10.4. The largest absolute Gasteiger partial charge is 0.375 e. The summed E-state index contributed by atoms with van der Waals surface area (Å²) in [6.07, 6.45) is 0. The number of nitrogens with one attached hydrogen (secondary N) is 1. The average molecular weight is 250 g/mol. The van der Waals surface area contributed by atoms with Crippen molar-refractivity contribution in [2.24, 2.45) is 0 Å². The molecular weight excluding hydrogens is 235 g/mol. The van der Waals surface area contributed by atoms with Crippen molar-refractivity contribution in [1.82, 2.24) is 0 Å². The van der Waals surface area contributed by atoms with Gasteiger partial charge in [0, 0.05) is 0 Å². The van der Waals surface area contributed by atoms with Crippen LogP contribution in [0.1, 0.15) is 19.4 Å². The van der Waals surface area contributed by atoms with Crippen LogP contribution < -0.4 is 5.32 Å². The lowest BCUT2D eigenvalue weighted by Crippen LogP contribution is -2.45. The maximum absolute atomic E-state index is 13.6. The summed E-state index contributed by atoms with van der Waals surface area (Å²) in [6, 6.07) is 6.12. The fourth-order valence-corrected chi connectivity index (χ4v) is 1.70. The summed E-state index contributed by atoms with van der Waals surface area (Å²) in [6.45, 7) is 4.58. The van der Waals surface area contributed by atoms with Gasteiger partial charge in [0.25, 0.3) is 0 Å². The molecule has 0 bridgehead atoms. The highest BCUT2D eigenvalue weighted by atomic mass is 19.1. The maximum Gasteiger partial charge on any atom is 0.162 e. The van der Waals surface area contributed by atoms with Gasteiger partial charge in [0.1, 0.15) is 5.82 Å². The van der Waals surface area contributed by atoms with Crippen LogP contribution in [0.3, 0.4) is 0 Å². The highest BCUT2D eigenvalue weighted by Gasteiger charge is 2.28. The Balaban J connectivity index is 2.01. The molecule has 1 aromatic rings. The second-order valence-corrected chi connectivity index (χ2v) is 4.67. The van der Waals surface area contributed by atoms with E-state index in [4.69, 9.17) is 14.7 Å². The lowest BCUT2D eigenvalue weighted by Gasteiger charge is -2.35. The molecule has 4 nitrogen and oxygen atoms in total. The molecule has 18 heavy (non-hydrogen) atoms. The summed E-state index contributed by atoms with van der Waals surface area (Å²) in [7, 11) is 0. The van der Waals surface area contributed by atoms with Gasteiger partial charge in [-0.15, -0.1) is 0 Å². The van der Waals surface area contributed by atoms with Crippen molar-refractivity contribution in [2.75, 3.05) is 18.5 Å². The summed E-state index contributed by atoms with van der Waals surface area (Å²) in [4.78, 5) is 0. The molecule has 0 spiro atoms. The highest BCUT2D eigenvalue weighted by molar-refractivity contribution is 5.49. The fraction of sp³-hybridized carbons (Fsp3) is 0.462. The predicted molar refractivity (Wildman–Crippen MR) is 64.5 cm³/mol. The van der Waals surface area contributed by atoms with Crippen molar-refractivity contribution < 1.29 is 13.9 Å². The Labute approximate surface area is 105 Å². The molecular formula is C13H15FN2O2. The Morgan fingerprint density at radius 1 is 1.39 bits per heavy atom. The van der Waals surface area contributed by atoms with E-state index in [1.165, 1.54) is 6.07 Å². The number of halogens is 1. The van der Waals surface area contributed by atoms with Crippen molar-refractivity contribution in [3.8, 4) is 6.07 Å². The first-order valence-electron chi connectivity index (χ1n) is 5.74. The molecule has 1 saturated heterocycles. The molecule has 1 aliphatic rings. The Bertz CT molecular complexity index is 472.